The topological polar surface area (TPSA) is 173 Å². The summed E-state index contributed by atoms with van der Waals surface area (Å²) in [6.45, 7) is 3.64. The van der Waals surface area contributed by atoms with Gasteiger partial charge in [-0.1, -0.05) is 35.9 Å². The van der Waals surface area contributed by atoms with Gasteiger partial charge in [-0.25, -0.2) is 9.59 Å². The highest BCUT2D eigenvalue weighted by Gasteiger charge is 2.32. The smallest absolute Gasteiger partial charge is 0.337 e. The SMILES string of the molecule is CCOc1cc([C@@H]2NC(=O)NC(C)=C2C(=O)OC)ccc1OC[C@H](O)N/N=C\c1cc(Cl)c(OCc2ccccc2C#N)c(OC)c1. The number of amides is 2. The molecule has 0 unspecified atom stereocenters. The first kappa shape index (κ1) is 34.4. The Morgan fingerprint density at radius 1 is 1.13 bits per heavy atom. The van der Waals surface area contributed by atoms with Crippen LogP contribution in [-0.2, 0) is 16.1 Å². The highest BCUT2D eigenvalue weighted by Crippen LogP contribution is 2.37. The third-order valence-electron chi connectivity index (χ3n) is 6.87. The van der Waals surface area contributed by atoms with E-state index in [1.807, 2.05) is 6.07 Å². The number of aliphatic hydroxyl groups excluding tert-OH is 1. The second-order valence-electron chi connectivity index (χ2n) is 10.0. The van der Waals surface area contributed by atoms with E-state index in [0.717, 1.165) is 0 Å². The van der Waals surface area contributed by atoms with Crippen molar-refractivity contribution in [1.82, 2.24) is 16.1 Å². The molecule has 1 heterocycles. The number of methoxy groups -OCH3 is 2. The number of ether oxygens (including phenoxy) is 5. The highest BCUT2D eigenvalue weighted by molar-refractivity contribution is 6.32. The fraction of sp³-hybridized carbons (Fsp3) is 0.273. The van der Waals surface area contributed by atoms with Crippen LogP contribution in [0.4, 0.5) is 4.79 Å². The number of rotatable bonds is 14. The predicted molar refractivity (Wildman–Crippen MR) is 172 cm³/mol. The zero-order chi connectivity index (χ0) is 33.9. The van der Waals surface area contributed by atoms with Crippen molar-refractivity contribution in [3.63, 3.8) is 0 Å². The number of carbonyl (C=O) groups excluding carboxylic acids is 2. The Morgan fingerprint density at radius 3 is 2.64 bits per heavy atom. The minimum absolute atomic E-state index is 0.120. The average Bonchev–Trinajstić information content (AvgIpc) is 3.06. The van der Waals surface area contributed by atoms with E-state index in [9.17, 15) is 20.0 Å². The van der Waals surface area contributed by atoms with Gasteiger partial charge in [-0.2, -0.15) is 10.4 Å². The van der Waals surface area contributed by atoms with Crippen LogP contribution in [0.2, 0.25) is 5.02 Å². The van der Waals surface area contributed by atoms with Gasteiger partial charge in [0, 0.05) is 11.3 Å². The first-order chi connectivity index (χ1) is 22.7. The third-order valence-corrected chi connectivity index (χ3v) is 7.15. The Bertz CT molecular complexity index is 1720. The number of nitrogens with one attached hydrogen (secondary N) is 3. The number of hydrogen-bond acceptors (Lipinski definition) is 11. The van der Waals surface area contributed by atoms with Crippen molar-refractivity contribution < 1.29 is 38.4 Å². The number of esters is 1. The standard InChI is InChI=1S/C33H34ClN5O8/c1-5-45-26-14-21(30-29(32(41)44-4)19(2)37-33(42)38-30)10-11-25(26)46-18-28(40)39-36-16-20-12-24(34)31(27(13-20)43-3)47-17-23-9-7-6-8-22(23)15-35/h6-14,16,28,30,39-40H,5,17-18H2,1-4H3,(H2,37,38,42)/b36-16-/t28-,30-/m0/s1. The highest BCUT2D eigenvalue weighted by atomic mass is 35.5. The van der Waals surface area contributed by atoms with Crippen molar-refractivity contribution in [1.29, 1.82) is 5.26 Å². The fourth-order valence-electron chi connectivity index (χ4n) is 4.68. The van der Waals surface area contributed by atoms with Gasteiger partial charge < -0.3 is 39.4 Å². The summed E-state index contributed by atoms with van der Waals surface area (Å²) in [6.07, 6.45) is 0.231. The van der Waals surface area contributed by atoms with Crippen LogP contribution in [0.5, 0.6) is 23.0 Å². The Kier molecular flexibility index (Phi) is 11.9. The number of carbonyl (C=O) groups is 2. The van der Waals surface area contributed by atoms with Gasteiger partial charge in [-0.3, -0.25) is 5.43 Å². The molecule has 1 aliphatic rings. The van der Waals surface area contributed by atoms with E-state index in [4.69, 9.17) is 35.3 Å². The number of nitrogens with zero attached hydrogens (tertiary/aromatic N) is 2. The molecular formula is C33H34ClN5O8. The first-order valence-corrected chi connectivity index (χ1v) is 14.8. The van der Waals surface area contributed by atoms with Crippen LogP contribution in [0.1, 0.15) is 42.1 Å². The quantitative estimate of drug-likeness (QED) is 0.0842. The van der Waals surface area contributed by atoms with E-state index in [1.54, 1.807) is 62.4 Å². The van der Waals surface area contributed by atoms with Gasteiger partial charge in [-0.15, -0.1) is 0 Å². The summed E-state index contributed by atoms with van der Waals surface area (Å²) < 4.78 is 27.8. The summed E-state index contributed by atoms with van der Waals surface area (Å²) in [6, 6.07) is 16.2. The minimum atomic E-state index is -1.21. The van der Waals surface area contributed by atoms with Gasteiger partial charge in [0.15, 0.2) is 29.2 Å². The molecule has 0 fully saturated rings. The second-order valence-corrected chi connectivity index (χ2v) is 10.4. The molecule has 3 aromatic carbocycles. The summed E-state index contributed by atoms with van der Waals surface area (Å²) >= 11 is 6.48. The van der Waals surface area contributed by atoms with Crippen molar-refractivity contribution in [3.8, 4) is 29.1 Å². The number of hydrogen-bond donors (Lipinski definition) is 4. The summed E-state index contributed by atoms with van der Waals surface area (Å²) in [4.78, 5) is 24.6. The molecule has 0 aromatic heterocycles. The van der Waals surface area contributed by atoms with E-state index in [2.05, 4.69) is 27.2 Å². The van der Waals surface area contributed by atoms with Crippen LogP contribution < -0.4 is 35.0 Å². The number of aliphatic hydroxyl groups is 1. The lowest BCUT2D eigenvalue weighted by Crippen LogP contribution is -2.45. The molecule has 0 spiro atoms. The van der Waals surface area contributed by atoms with E-state index in [1.165, 1.54) is 20.4 Å². The Hall–Kier alpha value is -5.45. The van der Waals surface area contributed by atoms with Gasteiger partial charge in [0.2, 0.25) is 0 Å². The summed E-state index contributed by atoms with van der Waals surface area (Å²) in [5.41, 5.74) is 5.55. The third kappa shape index (κ3) is 8.63. The number of halogens is 1. The number of hydrazone groups is 1. The van der Waals surface area contributed by atoms with Crippen LogP contribution in [0.25, 0.3) is 0 Å². The maximum atomic E-state index is 12.5. The molecule has 14 heteroatoms. The molecule has 1 aliphatic heterocycles. The molecule has 2 atom stereocenters. The number of nitriles is 1. The molecule has 0 saturated heterocycles. The largest absolute Gasteiger partial charge is 0.493 e. The fourth-order valence-corrected chi connectivity index (χ4v) is 4.95. The first-order valence-electron chi connectivity index (χ1n) is 14.4. The lowest BCUT2D eigenvalue weighted by atomic mass is 9.95. The Morgan fingerprint density at radius 2 is 1.91 bits per heavy atom. The van der Waals surface area contributed by atoms with Crippen molar-refractivity contribution in [2.45, 2.75) is 32.7 Å². The van der Waals surface area contributed by atoms with E-state index >= 15 is 0 Å². The second kappa shape index (κ2) is 16.2. The molecule has 3 aromatic rings. The van der Waals surface area contributed by atoms with Gasteiger partial charge in [-0.05, 0) is 55.3 Å². The van der Waals surface area contributed by atoms with Crippen LogP contribution in [0.3, 0.4) is 0 Å². The Labute approximate surface area is 276 Å². The van der Waals surface area contributed by atoms with Gasteiger partial charge >= 0.3 is 12.0 Å². The van der Waals surface area contributed by atoms with Crippen molar-refractivity contribution in [2.75, 3.05) is 27.4 Å². The normalized spacial score (nSPS) is 14.8. The van der Waals surface area contributed by atoms with Crippen LogP contribution >= 0.6 is 11.6 Å². The molecule has 2 amide bonds. The molecule has 246 valence electrons. The maximum absolute atomic E-state index is 12.5. The zero-order valence-corrected chi connectivity index (χ0v) is 26.9. The summed E-state index contributed by atoms with van der Waals surface area (Å²) in [5, 5.41) is 29.4. The molecule has 0 bridgehead atoms. The molecule has 0 saturated carbocycles. The lowest BCUT2D eigenvalue weighted by molar-refractivity contribution is -0.136. The monoisotopic (exact) mass is 663 g/mol. The Balaban J connectivity index is 1.39. The van der Waals surface area contributed by atoms with Gasteiger partial charge in [0.25, 0.3) is 0 Å². The molecule has 4 N–H and O–H groups in total. The summed E-state index contributed by atoms with van der Waals surface area (Å²) in [7, 11) is 2.74. The molecule has 0 aliphatic carbocycles. The van der Waals surface area contributed by atoms with Crippen LogP contribution in [0, 0.1) is 11.3 Å². The van der Waals surface area contributed by atoms with Gasteiger partial charge in [0.1, 0.15) is 13.2 Å². The molecule has 47 heavy (non-hydrogen) atoms. The lowest BCUT2D eigenvalue weighted by Gasteiger charge is -2.28. The predicted octanol–water partition coefficient (Wildman–Crippen LogP) is 4.32. The molecular weight excluding hydrogens is 630 g/mol. The molecule has 4 rings (SSSR count). The van der Waals surface area contributed by atoms with Crippen LogP contribution in [-0.4, -0.2) is 57.0 Å². The van der Waals surface area contributed by atoms with E-state index in [0.29, 0.717) is 57.6 Å². The van der Waals surface area contributed by atoms with Crippen LogP contribution in [0.15, 0.2) is 71.0 Å². The van der Waals surface area contributed by atoms with Crippen molar-refractivity contribution in [2.24, 2.45) is 5.10 Å². The number of allylic oxidation sites excluding steroid dienone is 1. The maximum Gasteiger partial charge on any atom is 0.337 e. The van der Waals surface area contributed by atoms with E-state index < -0.39 is 24.3 Å². The number of benzene rings is 3. The number of urea groups is 1. The van der Waals surface area contributed by atoms with Gasteiger partial charge in [0.05, 0.1) is 55.3 Å². The van der Waals surface area contributed by atoms with Crippen molar-refractivity contribution in [3.05, 3.63) is 93.1 Å². The molecule has 0 radical (unpaired) electrons. The van der Waals surface area contributed by atoms with E-state index in [-0.39, 0.29) is 23.8 Å². The minimum Gasteiger partial charge on any atom is -0.493 e. The summed E-state index contributed by atoms with van der Waals surface area (Å²) in [5.74, 6) is 0.751. The molecule has 13 nitrogen and oxygen atoms in total. The average molecular weight is 664 g/mol. The van der Waals surface area contributed by atoms with Crippen molar-refractivity contribution >= 4 is 29.8 Å². The zero-order valence-electron chi connectivity index (χ0n) is 26.1.